The number of hydrogen-bond donors (Lipinski definition) is 2. The average molecular weight is 377 g/mol. The van der Waals surface area contributed by atoms with Crippen LogP contribution in [0.1, 0.15) is 7.43 Å². The zero-order chi connectivity index (χ0) is 18.4. The van der Waals surface area contributed by atoms with Crippen LogP contribution < -0.4 is 10.6 Å². The van der Waals surface area contributed by atoms with Gasteiger partial charge in [-0.1, -0.05) is 30.6 Å². The molecule has 0 atom stereocenters. The summed E-state index contributed by atoms with van der Waals surface area (Å²) in [6.07, 6.45) is 0. The van der Waals surface area contributed by atoms with E-state index in [0.29, 0.717) is 0 Å². The van der Waals surface area contributed by atoms with E-state index in [0.717, 1.165) is 0 Å². The van der Waals surface area contributed by atoms with Crippen LogP contribution in [-0.4, -0.2) is 17.7 Å². The molecule has 0 saturated heterocycles. The molecular formula is C14H6Cl2N6O3. The molecule has 9 nitrogen and oxygen atoms in total. The van der Waals surface area contributed by atoms with Crippen molar-refractivity contribution in [3.63, 3.8) is 0 Å². The second-order valence-electron chi connectivity index (χ2n) is 3.81. The highest BCUT2D eigenvalue weighted by molar-refractivity contribution is 6.48. The van der Waals surface area contributed by atoms with Gasteiger partial charge >= 0.3 is 0 Å². The van der Waals surface area contributed by atoms with Gasteiger partial charge in [-0.2, -0.15) is 21.0 Å². The zero-order valence-corrected chi connectivity index (χ0v) is 12.8. The molecule has 0 saturated carbocycles. The third-order valence-electron chi connectivity index (χ3n) is 2.48. The van der Waals surface area contributed by atoms with E-state index in [-0.39, 0.29) is 39.9 Å². The molecule has 0 aromatic rings. The molecule has 3 amide bonds. The Balaban J connectivity index is 0.000000465. The minimum Gasteiger partial charge on any atom is -0.318 e. The van der Waals surface area contributed by atoms with Crippen LogP contribution in [0.2, 0.25) is 0 Å². The Morgan fingerprint density at radius 2 is 1.20 bits per heavy atom. The number of nitriles is 4. The Morgan fingerprint density at radius 1 is 0.760 bits per heavy atom. The second-order valence-corrected chi connectivity index (χ2v) is 4.57. The molecule has 0 aliphatic carbocycles. The van der Waals surface area contributed by atoms with Crippen molar-refractivity contribution < 1.29 is 14.4 Å². The van der Waals surface area contributed by atoms with Crippen LogP contribution in [0.4, 0.5) is 0 Å². The van der Waals surface area contributed by atoms with Gasteiger partial charge in [-0.05, 0) is 0 Å². The van der Waals surface area contributed by atoms with Gasteiger partial charge in [-0.3, -0.25) is 19.7 Å². The van der Waals surface area contributed by atoms with Crippen molar-refractivity contribution in [1.29, 1.82) is 21.0 Å². The van der Waals surface area contributed by atoms with Crippen LogP contribution in [0, 0.1) is 45.3 Å². The normalized spacial score (nSPS) is 14.8. The monoisotopic (exact) mass is 376 g/mol. The second kappa shape index (κ2) is 8.86. The van der Waals surface area contributed by atoms with E-state index in [2.05, 4.69) is 5.32 Å². The summed E-state index contributed by atoms with van der Waals surface area (Å²) in [5, 5.41) is 37.3. The van der Waals surface area contributed by atoms with E-state index in [1.165, 1.54) is 6.07 Å². The molecule has 0 fully saturated rings. The number of rotatable bonds is 0. The molecule has 2 aliphatic heterocycles. The van der Waals surface area contributed by atoms with Gasteiger partial charge in [0, 0.05) is 0 Å². The molecule has 0 aromatic carbocycles. The number of nitrogens with zero attached hydrogens (tertiary/aromatic N) is 4. The van der Waals surface area contributed by atoms with Gasteiger partial charge in [0.05, 0.1) is 5.70 Å². The lowest BCUT2D eigenvalue weighted by molar-refractivity contribution is -0.124. The first-order chi connectivity index (χ1) is 11.3. The van der Waals surface area contributed by atoms with Gasteiger partial charge in [0.2, 0.25) is 0 Å². The smallest absolute Gasteiger partial charge is 0.271 e. The van der Waals surface area contributed by atoms with Gasteiger partial charge in [0.25, 0.3) is 17.7 Å². The SMILES string of the molecule is C.N#CC(C#N)=C1NC(=O)C(Cl)=C1C#N.N#CC1=C(Cl)C(=O)NC1=O. The predicted molar refractivity (Wildman–Crippen MR) is 83.3 cm³/mol. The minimum absolute atomic E-state index is 0. The highest BCUT2D eigenvalue weighted by Gasteiger charge is 2.29. The van der Waals surface area contributed by atoms with Gasteiger partial charge in [0.15, 0.2) is 5.57 Å². The molecule has 124 valence electrons. The van der Waals surface area contributed by atoms with Gasteiger partial charge in [-0.25, -0.2) is 0 Å². The summed E-state index contributed by atoms with van der Waals surface area (Å²) < 4.78 is 0. The van der Waals surface area contributed by atoms with Crippen molar-refractivity contribution in [3.05, 3.63) is 32.5 Å². The van der Waals surface area contributed by atoms with Gasteiger partial charge in [0.1, 0.15) is 45.5 Å². The fourth-order valence-corrected chi connectivity index (χ4v) is 1.78. The van der Waals surface area contributed by atoms with E-state index in [1.807, 2.05) is 5.32 Å². The maximum Gasteiger partial charge on any atom is 0.271 e. The number of carbonyl (C=O) groups is 3. The largest absolute Gasteiger partial charge is 0.318 e. The number of allylic oxidation sites excluding steroid dienone is 2. The molecule has 0 radical (unpaired) electrons. The number of imide groups is 1. The van der Waals surface area contributed by atoms with Gasteiger partial charge < -0.3 is 5.32 Å². The van der Waals surface area contributed by atoms with E-state index < -0.39 is 17.7 Å². The maximum absolute atomic E-state index is 11.0. The summed E-state index contributed by atoms with van der Waals surface area (Å²) in [5.41, 5.74) is -0.945. The molecule has 2 aliphatic rings. The Morgan fingerprint density at radius 3 is 1.52 bits per heavy atom. The zero-order valence-electron chi connectivity index (χ0n) is 11.3. The van der Waals surface area contributed by atoms with E-state index in [9.17, 15) is 14.4 Å². The average Bonchev–Trinajstić information content (AvgIpc) is 2.97. The van der Waals surface area contributed by atoms with Crippen LogP contribution in [0.5, 0.6) is 0 Å². The molecule has 0 bridgehead atoms. The van der Waals surface area contributed by atoms with Crippen LogP contribution in [-0.2, 0) is 14.4 Å². The Bertz CT molecular complexity index is 916. The summed E-state index contributed by atoms with van der Waals surface area (Å²) in [4.78, 5) is 32.0. The molecule has 25 heavy (non-hydrogen) atoms. The summed E-state index contributed by atoms with van der Waals surface area (Å²) in [7, 11) is 0. The highest BCUT2D eigenvalue weighted by atomic mass is 35.5. The number of carbonyl (C=O) groups excluding carboxylic acids is 3. The number of halogens is 2. The topological polar surface area (TPSA) is 170 Å². The molecule has 2 rings (SSSR count). The van der Waals surface area contributed by atoms with Crippen LogP contribution in [0.3, 0.4) is 0 Å². The lowest BCUT2D eigenvalue weighted by atomic mass is 10.1. The third-order valence-corrected chi connectivity index (χ3v) is 3.20. The van der Waals surface area contributed by atoms with E-state index in [1.54, 1.807) is 18.2 Å². The van der Waals surface area contributed by atoms with Crippen LogP contribution in [0.25, 0.3) is 0 Å². The van der Waals surface area contributed by atoms with E-state index >= 15 is 0 Å². The first kappa shape index (κ1) is 21.4. The summed E-state index contributed by atoms with van der Waals surface area (Å²) >= 11 is 10.7. The Labute approximate surface area is 151 Å². The third kappa shape index (κ3) is 4.22. The summed E-state index contributed by atoms with van der Waals surface area (Å²) in [5.74, 6) is -2.11. The quantitative estimate of drug-likeness (QED) is 0.463. The summed E-state index contributed by atoms with van der Waals surface area (Å²) in [6.45, 7) is 0. The van der Waals surface area contributed by atoms with Crippen molar-refractivity contribution in [2.45, 2.75) is 7.43 Å². The van der Waals surface area contributed by atoms with Crippen LogP contribution >= 0.6 is 23.2 Å². The van der Waals surface area contributed by atoms with Crippen molar-refractivity contribution in [2.75, 3.05) is 0 Å². The van der Waals surface area contributed by atoms with Crippen molar-refractivity contribution in [2.24, 2.45) is 0 Å². The van der Waals surface area contributed by atoms with Crippen molar-refractivity contribution in [1.82, 2.24) is 10.6 Å². The molecule has 2 heterocycles. The fraction of sp³-hybridized carbons (Fsp3) is 0.0714. The first-order valence-corrected chi connectivity index (χ1v) is 6.39. The lowest BCUT2D eigenvalue weighted by Crippen LogP contribution is -2.22. The standard InChI is InChI=1S/C8HClN4O.C5HClN2O2.CH4/c9-6-5(3-12)7(13-8(6)14)4(1-10)2-11;6-3-2(1-7)4(9)8-5(3)10;/h(H,13,14);(H,8,9,10);1H4. The predicted octanol–water partition coefficient (Wildman–Crippen LogP) is 0.729. The van der Waals surface area contributed by atoms with E-state index in [4.69, 9.17) is 44.2 Å². The fourth-order valence-electron chi connectivity index (χ4n) is 1.42. The van der Waals surface area contributed by atoms with Crippen molar-refractivity contribution in [3.8, 4) is 24.3 Å². The maximum atomic E-state index is 11.0. The summed E-state index contributed by atoms with van der Waals surface area (Å²) in [6, 6.07) is 6.27. The Kier molecular flexibility index (Phi) is 7.57. The number of nitrogens with one attached hydrogen (secondary N) is 2. The molecule has 0 aromatic heterocycles. The molecule has 0 unspecified atom stereocenters. The molecule has 11 heteroatoms. The highest BCUT2D eigenvalue weighted by Crippen LogP contribution is 2.24. The van der Waals surface area contributed by atoms with Crippen LogP contribution in [0.15, 0.2) is 32.5 Å². The molecule has 2 N–H and O–H groups in total. The van der Waals surface area contributed by atoms with Gasteiger partial charge in [-0.15, -0.1) is 0 Å². The first-order valence-electron chi connectivity index (χ1n) is 5.63. The lowest BCUT2D eigenvalue weighted by Gasteiger charge is -1.95. The Hall–Kier alpha value is -3.63. The number of hydrogen-bond acceptors (Lipinski definition) is 7. The molecular weight excluding hydrogens is 371 g/mol. The van der Waals surface area contributed by atoms with Crippen molar-refractivity contribution >= 4 is 40.9 Å². The minimum atomic E-state index is -0.725. The molecule has 0 spiro atoms. The number of amides is 3.